The van der Waals surface area contributed by atoms with Gasteiger partial charge in [-0.05, 0) is 44.7 Å². The molecule has 0 amide bonds. The van der Waals surface area contributed by atoms with Crippen LogP contribution >= 0.6 is 0 Å². The van der Waals surface area contributed by atoms with Gasteiger partial charge in [-0.2, -0.15) is 0 Å². The van der Waals surface area contributed by atoms with Crippen molar-refractivity contribution in [3.63, 3.8) is 0 Å². The molecule has 1 unspecified atom stereocenters. The van der Waals surface area contributed by atoms with Gasteiger partial charge in [0.15, 0.2) is 0 Å². The minimum atomic E-state index is 0.304. The molecule has 1 atom stereocenters. The molecule has 0 radical (unpaired) electrons. The van der Waals surface area contributed by atoms with Crippen LogP contribution in [0, 0.1) is 0 Å². The molecule has 1 saturated heterocycles. The number of nitrogens with zero attached hydrogens (tertiary/aromatic N) is 1. The first-order valence-electron chi connectivity index (χ1n) is 7.46. The summed E-state index contributed by atoms with van der Waals surface area (Å²) in [7, 11) is 0. The number of aliphatic hydroxyl groups excluding tert-OH is 1. The third-order valence-electron chi connectivity index (χ3n) is 3.93. The van der Waals surface area contributed by atoms with Crippen molar-refractivity contribution in [3.8, 4) is 0 Å². The van der Waals surface area contributed by atoms with Gasteiger partial charge in [0.05, 0.1) is 0 Å². The van der Waals surface area contributed by atoms with Crippen LogP contribution in [-0.4, -0.2) is 36.9 Å². The van der Waals surface area contributed by atoms with Crippen molar-refractivity contribution >= 4 is 5.69 Å². The number of hydrogen-bond acceptors (Lipinski definition) is 3. The molecular formula is C16H26N2O. The van der Waals surface area contributed by atoms with Crippen molar-refractivity contribution in [3.05, 3.63) is 30.3 Å². The number of hydrogen-bond donors (Lipinski definition) is 2. The molecule has 1 fully saturated rings. The maximum absolute atomic E-state index is 8.85. The van der Waals surface area contributed by atoms with E-state index in [-0.39, 0.29) is 0 Å². The lowest BCUT2D eigenvalue weighted by Crippen LogP contribution is -2.45. The predicted molar refractivity (Wildman–Crippen MR) is 80.6 cm³/mol. The van der Waals surface area contributed by atoms with Gasteiger partial charge in [0.25, 0.3) is 0 Å². The van der Waals surface area contributed by atoms with Crippen LogP contribution in [0.4, 0.5) is 5.69 Å². The van der Waals surface area contributed by atoms with E-state index in [4.69, 9.17) is 5.11 Å². The zero-order valence-corrected chi connectivity index (χ0v) is 11.9. The van der Waals surface area contributed by atoms with E-state index in [1.807, 2.05) is 0 Å². The van der Waals surface area contributed by atoms with Gasteiger partial charge in [-0.25, -0.2) is 0 Å². The highest BCUT2D eigenvalue weighted by Gasteiger charge is 2.20. The fraction of sp³-hybridized carbons (Fsp3) is 0.625. The Morgan fingerprint density at radius 3 is 2.58 bits per heavy atom. The summed E-state index contributed by atoms with van der Waals surface area (Å²) >= 11 is 0. The van der Waals surface area contributed by atoms with E-state index in [1.54, 1.807) is 0 Å². The smallest absolute Gasteiger partial charge is 0.0431 e. The van der Waals surface area contributed by atoms with E-state index in [0.717, 1.165) is 25.9 Å². The standard InChI is InChI=1S/C16H26N2O/c1-14(6-5-13-19)17-15-9-11-18(12-10-15)16-7-3-2-4-8-16/h2-4,7-8,14-15,17,19H,5-6,9-13H2,1H3. The predicted octanol–water partition coefficient (Wildman–Crippen LogP) is 2.41. The molecule has 1 aliphatic heterocycles. The van der Waals surface area contributed by atoms with Crippen molar-refractivity contribution in [2.24, 2.45) is 0 Å². The quantitative estimate of drug-likeness (QED) is 0.826. The molecule has 1 aliphatic rings. The highest BCUT2D eigenvalue weighted by Crippen LogP contribution is 2.19. The lowest BCUT2D eigenvalue weighted by molar-refractivity contribution is 0.270. The topological polar surface area (TPSA) is 35.5 Å². The number of piperidine rings is 1. The highest BCUT2D eigenvalue weighted by molar-refractivity contribution is 5.46. The number of aliphatic hydroxyl groups is 1. The van der Waals surface area contributed by atoms with Gasteiger partial charge < -0.3 is 15.3 Å². The Balaban J connectivity index is 1.73. The molecule has 0 spiro atoms. The molecule has 1 aromatic rings. The van der Waals surface area contributed by atoms with Gasteiger partial charge in [0.1, 0.15) is 0 Å². The van der Waals surface area contributed by atoms with Crippen molar-refractivity contribution in [1.82, 2.24) is 5.32 Å². The minimum absolute atomic E-state index is 0.304. The van der Waals surface area contributed by atoms with Crippen LogP contribution in [0.2, 0.25) is 0 Å². The third kappa shape index (κ3) is 4.51. The Kier molecular flexibility index (Phi) is 5.67. The molecule has 1 heterocycles. The van der Waals surface area contributed by atoms with Gasteiger partial charge in [-0.1, -0.05) is 18.2 Å². The van der Waals surface area contributed by atoms with Crippen LogP contribution in [-0.2, 0) is 0 Å². The summed E-state index contributed by atoms with van der Waals surface area (Å²) in [6.07, 6.45) is 4.38. The fourth-order valence-corrected chi connectivity index (χ4v) is 2.83. The lowest BCUT2D eigenvalue weighted by Gasteiger charge is -2.35. The summed E-state index contributed by atoms with van der Waals surface area (Å²) in [6.45, 7) is 4.79. The highest BCUT2D eigenvalue weighted by atomic mass is 16.2. The number of anilines is 1. The van der Waals surface area contributed by atoms with Crippen LogP contribution in [0.3, 0.4) is 0 Å². The maximum atomic E-state index is 8.85. The first-order valence-corrected chi connectivity index (χ1v) is 7.46. The Labute approximate surface area is 116 Å². The van der Waals surface area contributed by atoms with Gasteiger partial charge >= 0.3 is 0 Å². The molecule has 0 aliphatic carbocycles. The van der Waals surface area contributed by atoms with E-state index in [0.29, 0.717) is 18.7 Å². The molecule has 2 rings (SSSR count). The number of benzene rings is 1. The normalized spacial score (nSPS) is 18.5. The van der Waals surface area contributed by atoms with Gasteiger partial charge in [-0.3, -0.25) is 0 Å². The van der Waals surface area contributed by atoms with Crippen LogP contribution in [0.15, 0.2) is 30.3 Å². The summed E-state index contributed by atoms with van der Waals surface area (Å²) in [5, 5.41) is 12.5. The first kappa shape index (κ1) is 14.4. The fourth-order valence-electron chi connectivity index (χ4n) is 2.83. The molecule has 0 saturated carbocycles. The molecule has 0 bridgehead atoms. The van der Waals surface area contributed by atoms with Crippen LogP contribution < -0.4 is 10.2 Å². The largest absolute Gasteiger partial charge is 0.396 e. The van der Waals surface area contributed by atoms with Gasteiger partial charge in [-0.15, -0.1) is 0 Å². The average molecular weight is 262 g/mol. The van der Waals surface area contributed by atoms with Crippen molar-refractivity contribution in [2.45, 2.75) is 44.7 Å². The molecule has 1 aromatic carbocycles. The molecule has 0 aromatic heterocycles. The average Bonchev–Trinajstić information content (AvgIpc) is 2.47. The minimum Gasteiger partial charge on any atom is -0.396 e. The number of para-hydroxylation sites is 1. The lowest BCUT2D eigenvalue weighted by atomic mass is 10.0. The van der Waals surface area contributed by atoms with E-state index >= 15 is 0 Å². The summed E-state index contributed by atoms with van der Waals surface area (Å²) in [4.78, 5) is 2.47. The Morgan fingerprint density at radius 1 is 1.26 bits per heavy atom. The Bertz CT molecular complexity index is 347. The van der Waals surface area contributed by atoms with Crippen LogP contribution in [0.25, 0.3) is 0 Å². The SMILES string of the molecule is CC(CCCO)NC1CCN(c2ccccc2)CC1. The van der Waals surface area contributed by atoms with Gasteiger partial charge in [0, 0.05) is 37.5 Å². The summed E-state index contributed by atoms with van der Waals surface area (Å²) in [6, 6.07) is 11.8. The second-order valence-corrected chi connectivity index (χ2v) is 5.53. The molecular weight excluding hydrogens is 236 g/mol. The zero-order valence-electron chi connectivity index (χ0n) is 11.9. The zero-order chi connectivity index (χ0) is 13.5. The second kappa shape index (κ2) is 7.51. The Morgan fingerprint density at radius 2 is 1.95 bits per heavy atom. The van der Waals surface area contributed by atoms with Crippen LogP contribution in [0.5, 0.6) is 0 Å². The van der Waals surface area contributed by atoms with Crippen molar-refractivity contribution < 1.29 is 5.11 Å². The van der Waals surface area contributed by atoms with E-state index in [2.05, 4.69) is 47.5 Å². The second-order valence-electron chi connectivity index (χ2n) is 5.53. The first-order chi connectivity index (χ1) is 9.29. The Hall–Kier alpha value is -1.06. The number of nitrogens with one attached hydrogen (secondary N) is 1. The van der Waals surface area contributed by atoms with Crippen molar-refractivity contribution in [2.75, 3.05) is 24.6 Å². The summed E-state index contributed by atoms with van der Waals surface area (Å²) in [5.74, 6) is 0. The third-order valence-corrected chi connectivity index (χ3v) is 3.93. The van der Waals surface area contributed by atoms with E-state index in [9.17, 15) is 0 Å². The number of rotatable bonds is 6. The molecule has 2 N–H and O–H groups in total. The van der Waals surface area contributed by atoms with Gasteiger partial charge in [0.2, 0.25) is 0 Å². The summed E-state index contributed by atoms with van der Waals surface area (Å²) in [5.41, 5.74) is 1.34. The molecule has 19 heavy (non-hydrogen) atoms. The van der Waals surface area contributed by atoms with E-state index in [1.165, 1.54) is 18.5 Å². The summed E-state index contributed by atoms with van der Waals surface area (Å²) < 4.78 is 0. The molecule has 106 valence electrons. The maximum Gasteiger partial charge on any atom is 0.0431 e. The van der Waals surface area contributed by atoms with Crippen LogP contribution in [0.1, 0.15) is 32.6 Å². The van der Waals surface area contributed by atoms with Crippen molar-refractivity contribution in [1.29, 1.82) is 0 Å². The van der Waals surface area contributed by atoms with E-state index < -0.39 is 0 Å². The molecule has 3 heteroatoms. The molecule has 3 nitrogen and oxygen atoms in total. The monoisotopic (exact) mass is 262 g/mol.